The molecule has 21 heavy (non-hydrogen) atoms. The van der Waals surface area contributed by atoms with Crippen molar-refractivity contribution in [3.8, 4) is 0 Å². The number of benzene rings is 1. The summed E-state index contributed by atoms with van der Waals surface area (Å²) in [4.78, 5) is 33.7. The molecule has 1 aliphatic heterocycles. The first-order valence-corrected chi connectivity index (χ1v) is 7.12. The summed E-state index contributed by atoms with van der Waals surface area (Å²) >= 11 is 3.13. The largest absolute Gasteiger partial charge is 0.478 e. The molecular formula is C13H14BrN3O4. The van der Waals surface area contributed by atoms with Crippen molar-refractivity contribution in [1.82, 2.24) is 10.6 Å². The average molecular weight is 356 g/mol. The van der Waals surface area contributed by atoms with Crippen LogP contribution in [0.5, 0.6) is 0 Å². The third kappa shape index (κ3) is 4.19. The van der Waals surface area contributed by atoms with Gasteiger partial charge >= 0.3 is 12.0 Å². The van der Waals surface area contributed by atoms with Crippen molar-refractivity contribution in [2.24, 2.45) is 0 Å². The minimum absolute atomic E-state index is 0.0128. The van der Waals surface area contributed by atoms with E-state index in [1.54, 1.807) is 12.1 Å². The molecule has 1 atom stereocenters. The molecule has 8 heteroatoms. The van der Waals surface area contributed by atoms with Gasteiger partial charge in [-0.2, -0.15) is 0 Å². The molecule has 112 valence electrons. The van der Waals surface area contributed by atoms with E-state index in [1.807, 2.05) is 0 Å². The number of amides is 3. The molecule has 0 radical (unpaired) electrons. The number of urea groups is 1. The fraction of sp³-hybridized carbons (Fsp3) is 0.308. The third-order valence-electron chi connectivity index (χ3n) is 3.05. The molecule has 0 aliphatic carbocycles. The average Bonchev–Trinajstić information content (AvgIpc) is 2.84. The highest BCUT2D eigenvalue weighted by atomic mass is 79.9. The van der Waals surface area contributed by atoms with E-state index in [0.717, 1.165) is 0 Å². The molecule has 1 aliphatic rings. The molecule has 0 bridgehead atoms. The Balaban J connectivity index is 1.89. The number of carbonyl (C=O) groups is 3. The molecule has 1 aromatic carbocycles. The van der Waals surface area contributed by atoms with Crippen LogP contribution in [0.3, 0.4) is 0 Å². The number of hydrogen-bond acceptors (Lipinski definition) is 3. The van der Waals surface area contributed by atoms with E-state index < -0.39 is 12.0 Å². The Kier molecular flexibility index (Phi) is 4.79. The zero-order valence-electron chi connectivity index (χ0n) is 11.0. The summed E-state index contributed by atoms with van der Waals surface area (Å²) in [5.41, 5.74) is 0.444. The highest BCUT2D eigenvalue weighted by Gasteiger charge is 2.20. The van der Waals surface area contributed by atoms with E-state index in [9.17, 15) is 14.4 Å². The molecule has 0 spiro atoms. The van der Waals surface area contributed by atoms with E-state index in [4.69, 9.17) is 5.11 Å². The molecule has 1 unspecified atom stereocenters. The number of hydrogen-bond donors (Lipinski definition) is 4. The standard InChI is InChI=1S/C13H14BrN3O4/c14-10-3-1-7(5-9(10)12(19)20)17-13(21)15-6-8-2-4-11(18)16-8/h1,3,5,8H,2,4,6H2,(H,16,18)(H,19,20)(H2,15,17,21). The highest BCUT2D eigenvalue weighted by molar-refractivity contribution is 9.10. The predicted molar refractivity (Wildman–Crippen MR) is 79.3 cm³/mol. The molecule has 1 fully saturated rings. The number of carboxylic acids is 1. The second-order valence-electron chi connectivity index (χ2n) is 4.64. The first kappa shape index (κ1) is 15.3. The highest BCUT2D eigenvalue weighted by Crippen LogP contribution is 2.21. The van der Waals surface area contributed by atoms with Crippen molar-refractivity contribution < 1.29 is 19.5 Å². The summed E-state index contributed by atoms with van der Waals surface area (Å²) in [6.45, 7) is 0.333. The van der Waals surface area contributed by atoms with Crippen LogP contribution in [-0.4, -0.2) is 35.6 Å². The smallest absolute Gasteiger partial charge is 0.336 e. The lowest BCUT2D eigenvalue weighted by Crippen LogP contribution is -2.40. The van der Waals surface area contributed by atoms with Gasteiger partial charge in [-0.1, -0.05) is 0 Å². The quantitative estimate of drug-likeness (QED) is 0.656. The number of carbonyl (C=O) groups excluding carboxylic acids is 2. The Morgan fingerprint density at radius 2 is 2.19 bits per heavy atom. The Morgan fingerprint density at radius 1 is 1.43 bits per heavy atom. The van der Waals surface area contributed by atoms with Crippen molar-refractivity contribution in [2.75, 3.05) is 11.9 Å². The van der Waals surface area contributed by atoms with Gasteiger partial charge in [-0.3, -0.25) is 4.79 Å². The zero-order valence-corrected chi connectivity index (χ0v) is 12.6. The lowest BCUT2D eigenvalue weighted by atomic mass is 10.2. The normalized spacial score (nSPS) is 17.2. The van der Waals surface area contributed by atoms with Crippen LogP contribution in [-0.2, 0) is 4.79 Å². The fourth-order valence-electron chi connectivity index (χ4n) is 1.99. The van der Waals surface area contributed by atoms with Crippen molar-refractivity contribution in [1.29, 1.82) is 0 Å². The van der Waals surface area contributed by atoms with E-state index in [0.29, 0.717) is 29.5 Å². The van der Waals surface area contributed by atoms with E-state index in [-0.39, 0.29) is 17.5 Å². The minimum Gasteiger partial charge on any atom is -0.478 e. The maximum atomic E-state index is 11.7. The Bertz CT molecular complexity index is 591. The van der Waals surface area contributed by atoms with Crippen LogP contribution in [0.2, 0.25) is 0 Å². The van der Waals surface area contributed by atoms with Crippen molar-refractivity contribution >= 4 is 39.5 Å². The van der Waals surface area contributed by atoms with Crippen LogP contribution in [0.4, 0.5) is 10.5 Å². The van der Waals surface area contributed by atoms with E-state index in [2.05, 4.69) is 31.9 Å². The zero-order chi connectivity index (χ0) is 15.4. The summed E-state index contributed by atoms with van der Waals surface area (Å²) in [5.74, 6) is -1.10. The number of rotatable bonds is 4. The number of anilines is 1. The van der Waals surface area contributed by atoms with Gasteiger partial charge in [0.05, 0.1) is 5.56 Å². The fourth-order valence-corrected chi connectivity index (χ4v) is 2.40. The molecule has 1 saturated heterocycles. The van der Waals surface area contributed by atoms with Gasteiger partial charge < -0.3 is 21.1 Å². The van der Waals surface area contributed by atoms with Gasteiger partial charge in [-0.05, 0) is 40.5 Å². The second kappa shape index (κ2) is 6.57. The van der Waals surface area contributed by atoms with Crippen LogP contribution in [0.1, 0.15) is 23.2 Å². The molecule has 2 rings (SSSR count). The van der Waals surface area contributed by atoms with Crippen molar-refractivity contribution in [2.45, 2.75) is 18.9 Å². The minimum atomic E-state index is -1.08. The van der Waals surface area contributed by atoms with Crippen LogP contribution in [0.15, 0.2) is 22.7 Å². The Morgan fingerprint density at radius 3 is 2.81 bits per heavy atom. The predicted octanol–water partition coefficient (Wildman–Crippen LogP) is 1.55. The number of nitrogens with one attached hydrogen (secondary N) is 3. The molecule has 0 aromatic heterocycles. The van der Waals surface area contributed by atoms with Crippen molar-refractivity contribution in [3.05, 3.63) is 28.2 Å². The van der Waals surface area contributed by atoms with Gasteiger partial charge in [0, 0.05) is 29.2 Å². The monoisotopic (exact) mass is 355 g/mol. The summed E-state index contributed by atoms with van der Waals surface area (Å²) in [6, 6.07) is 4.00. The number of halogens is 1. The Labute approximate surface area is 129 Å². The molecule has 3 amide bonds. The lowest BCUT2D eigenvalue weighted by molar-refractivity contribution is -0.119. The summed E-state index contributed by atoms with van der Waals surface area (Å²) in [7, 11) is 0. The third-order valence-corrected chi connectivity index (χ3v) is 3.74. The maximum absolute atomic E-state index is 11.7. The van der Waals surface area contributed by atoms with Crippen molar-refractivity contribution in [3.63, 3.8) is 0 Å². The topological polar surface area (TPSA) is 108 Å². The molecule has 0 saturated carbocycles. The van der Waals surface area contributed by atoms with E-state index >= 15 is 0 Å². The van der Waals surface area contributed by atoms with Gasteiger partial charge in [0.2, 0.25) is 5.91 Å². The number of carboxylic acid groups (broad SMARTS) is 1. The van der Waals surface area contributed by atoms with Gasteiger partial charge in [-0.15, -0.1) is 0 Å². The maximum Gasteiger partial charge on any atom is 0.336 e. The van der Waals surface area contributed by atoms with Crippen LogP contribution in [0, 0.1) is 0 Å². The SMILES string of the molecule is O=C1CCC(CNC(=O)Nc2ccc(Br)c(C(=O)O)c2)N1. The van der Waals surface area contributed by atoms with E-state index in [1.165, 1.54) is 6.07 Å². The van der Waals surface area contributed by atoms with Gasteiger partial charge in [-0.25, -0.2) is 9.59 Å². The van der Waals surface area contributed by atoms with Gasteiger partial charge in [0.1, 0.15) is 0 Å². The summed E-state index contributed by atoms with van der Waals surface area (Å²) in [6.07, 6.45) is 1.17. The Hall–Kier alpha value is -2.09. The summed E-state index contributed by atoms with van der Waals surface area (Å²) < 4.78 is 0.439. The van der Waals surface area contributed by atoms with Crippen LogP contribution >= 0.6 is 15.9 Å². The molecule has 7 nitrogen and oxygen atoms in total. The first-order chi connectivity index (χ1) is 9.95. The number of aromatic carboxylic acids is 1. The van der Waals surface area contributed by atoms with Crippen LogP contribution < -0.4 is 16.0 Å². The summed E-state index contributed by atoms with van der Waals surface area (Å²) in [5, 5.41) is 16.9. The molecule has 4 N–H and O–H groups in total. The molecular weight excluding hydrogens is 342 g/mol. The van der Waals surface area contributed by atoms with Gasteiger partial charge in [0.15, 0.2) is 0 Å². The van der Waals surface area contributed by atoms with Crippen LogP contribution in [0.25, 0.3) is 0 Å². The lowest BCUT2D eigenvalue weighted by Gasteiger charge is -2.12. The molecule has 1 aromatic rings. The molecule has 1 heterocycles. The second-order valence-corrected chi connectivity index (χ2v) is 5.49. The first-order valence-electron chi connectivity index (χ1n) is 6.33. The van der Waals surface area contributed by atoms with Gasteiger partial charge in [0.25, 0.3) is 0 Å².